The van der Waals surface area contributed by atoms with Crippen LogP contribution < -0.4 is 5.32 Å². The molecule has 3 nitrogen and oxygen atoms in total. The Labute approximate surface area is 91.2 Å². The van der Waals surface area contributed by atoms with Crippen LogP contribution in [0.2, 0.25) is 0 Å². The number of hydrogen-bond acceptors (Lipinski definition) is 3. The number of hydrogen-bond donors (Lipinski definition) is 1. The van der Waals surface area contributed by atoms with E-state index in [9.17, 15) is 0 Å². The number of aromatic nitrogens is 1. The molecule has 0 unspecified atom stereocenters. The highest BCUT2D eigenvalue weighted by atomic mass is 16.5. The van der Waals surface area contributed by atoms with Gasteiger partial charge in [-0.3, -0.25) is 0 Å². The monoisotopic (exact) mass is 208 g/mol. The Kier molecular flexibility index (Phi) is 3.78. The van der Waals surface area contributed by atoms with Crippen molar-refractivity contribution in [2.24, 2.45) is 5.92 Å². The van der Waals surface area contributed by atoms with E-state index in [1.165, 1.54) is 32.1 Å². The molecule has 1 aromatic rings. The van der Waals surface area contributed by atoms with Crippen molar-refractivity contribution in [2.75, 3.05) is 0 Å². The summed E-state index contributed by atoms with van der Waals surface area (Å²) in [5.74, 6) is 0.968. The fourth-order valence-electron chi connectivity index (χ4n) is 2.35. The molecule has 15 heavy (non-hydrogen) atoms. The molecule has 0 saturated heterocycles. The summed E-state index contributed by atoms with van der Waals surface area (Å²) in [6.45, 7) is 3.14. The first kappa shape index (κ1) is 10.7. The largest absolute Gasteiger partial charge is 0.364 e. The minimum absolute atomic E-state index is 0.685. The maximum absolute atomic E-state index is 4.80. The van der Waals surface area contributed by atoms with E-state index in [2.05, 4.69) is 17.4 Å². The second-order valence-electron chi connectivity index (χ2n) is 4.50. The molecule has 0 bridgehead atoms. The molecule has 3 heteroatoms. The predicted octanol–water partition coefficient (Wildman–Crippen LogP) is 2.73. The molecule has 1 aromatic heterocycles. The molecule has 1 N–H and O–H groups in total. The van der Waals surface area contributed by atoms with Crippen molar-refractivity contribution in [3.05, 3.63) is 18.0 Å². The van der Waals surface area contributed by atoms with E-state index in [-0.39, 0.29) is 0 Å². The van der Waals surface area contributed by atoms with Crippen molar-refractivity contribution in [3.8, 4) is 0 Å². The summed E-state index contributed by atoms with van der Waals surface area (Å²) in [6, 6.07) is 2.61. The fraction of sp³-hybridized carbons (Fsp3) is 0.750. The van der Waals surface area contributed by atoms with Crippen molar-refractivity contribution in [2.45, 2.75) is 51.6 Å². The minimum atomic E-state index is 0.685. The van der Waals surface area contributed by atoms with Gasteiger partial charge in [-0.05, 0) is 31.6 Å². The third-order valence-electron chi connectivity index (χ3n) is 3.49. The lowest BCUT2D eigenvalue weighted by molar-refractivity contribution is 0.283. The zero-order valence-corrected chi connectivity index (χ0v) is 9.41. The van der Waals surface area contributed by atoms with Gasteiger partial charge in [0.15, 0.2) is 0 Å². The standard InChI is InChI=1S/C12H20N2O/c1-2-10-3-5-11(6-4-10)13-9-12-7-8-15-14-12/h7-8,10-11,13H,2-6,9H2,1H3. The average Bonchev–Trinajstić information content (AvgIpc) is 2.80. The van der Waals surface area contributed by atoms with Gasteiger partial charge in [0.1, 0.15) is 6.26 Å². The van der Waals surface area contributed by atoms with Gasteiger partial charge in [-0.15, -0.1) is 0 Å². The Bertz CT molecular complexity index is 263. The molecular formula is C12H20N2O. The topological polar surface area (TPSA) is 38.1 Å². The Morgan fingerprint density at radius 3 is 2.80 bits per heavy atom. The first-order valence-electron chi connectivity index (χ1n) is 6.01. The molecule has 2 rings (SSSR count). The van der Waals surface area contributed by atoms with E-state index >= 15 is 0 Å². The molecule has 0 spiro atoms. The van der Waals surface area contributed by atoms with Gasteiger partial charge in [0.25, 0.3) is 0 Å². The second kappa shape index (κ2) is 5.31. The molecule has 0 aliphatic heterocycles. The molecule has 1 saturated carbocycles. The molecule has 0 radical (unpaired) electrons. The first-order chi connectivity index (χ1) is 7.38. The highest BCUT2D eigenvalue weighted by Gasteiger charge is 2.19. The molecule has 1 fully saturated rings. The van der Waals surface area contributed by atoms with Crippen LogP contribution >= 0.6 is 0 Å². The van der Waals surface area contributed by atoms with Crippen LogP contribution in [0.5, 0.6) is 0 Å². The van der Waals surface area contributed by atoms with Crippen LogP contribution in [-0.4, -0.2) is 11.2 Å². The molecular weight excluding hydrogens is 188 g/mol. The van der Waals surface area contributed by atoms with E-state index in [0.717, 1.165) is 18.2 Å². The zero-order chi connectivity index (χ0) is 10.5. The quantitative estimate of drug-likeness (QED) is 0.826. The Morgan fingerprint density at radius 1 is 1.40 bits per heavy atom. The van der Waals surface area contributed by atoms with Crippen molar-refractivity contribution in [1.82, 2.24) is 10.5 Å². The van der Waals surface area contributed by atoms with Gasteiger partial charge < -0.3 is 9.84 Å². The molecule has 0 aromatic carbocycles. The Balaban J connectivity index is 1.69. The molecule has 0 amide bonds. The summed E-state index contributed by atoms with van der Waals surface area (Å²) >= 11 is 0. The van der Waals surface area contributed by atoms with E-state index < -0.39 is 0 Å². The van der Waals surface area contributed by atoms with Gasteiger partial charge in [-0.1, -0.05) is 18.5 Å². The van der Waals surface area contributed by atoms with Gasteiger partial charge in [0.2, 0.25) is 0 Å². The second-order valence-corrected chi connectivity index (χ2v) is 4.50. The van der Waals surface area contributed by atoms with Crippen LogP contribution in [-0.2, 0) is 6.54 Å². The maximum Gasteiger partial charge on any atom is 0.124 e. The van der Waals surface area contributed by atoms with Crippen LogP contribution in [0.15, 0.2) is 16.9 Å². The van der Waals surface area contributed by atoms with Gasteiger partial charge in [0, 0.05) is 18.7 Å². The maximum atomic E-state index is 4.80. The summed E-state index contributed by atoms with van der Waals surface area (Å²) in [5.41, 5.74) is 1.01. The third-order valence-corrected chi connectivity index (χ3v) is 3.49. The van der Waals surface area contributed by atoms with Gasteiger partial charge in [-0.25, -0.2) is 0 Å². The summed E-state index contributed by atoms with van der Waals surface area (Å²) < 4.78 is 4.80. The van der Waals surface area contributed by atoms with Crippen molar-refractivity contribution in [3.63, 3.8) is 0 Å². The highest BCUT2D eigenvalue weighted by molar-refractivity contribution is 4.95. The lowest BCUT2D eigenvalue weighted by atomic mass is 9.84. The van der Waals surface area contributed by atoms with E-state index in [4.69, 9.17) is 4.52 Å². The van der Waals surface area contributed by atoms with E-state index in [0.29, 0.717) is 6.04 Å². The summed E-state index contributed by atoms with van der Waals surface area (Å²) in [7, 11) is 0. The molecule has 0 atom stereocenters. The lowest BCUT2D eigenvalue weighted by Crippen LogP contribution is -2.32. The van der Waals surface area contributed by atoms with Crippen LogP contribution in [0.4, 0.5) is 0 Å². The van der Waals surface area contributed by atoms with Gasteiger partial charge >= 0.3 is 0 Å². The number of nitrogens with one attached hydrogen (secondary N) is 1. The smallest absolute Gasteiger partial charge is 0.124 e. The molecule has 1 heterocycles. The molecule has 1 aliphatic rings. The van der Waals surface area contributed by atoms with Crippen LogP contribution in [0.25, 0.3) is 0 Å². The number of nitrogens with zero attached hydrogens (tertiary/aromatic N) is 1. The Morgan fingerprint density at radius 2 is 2.20 bits per heavy atom. The zero-order valence-electron chi connectivity index (χ0n) is 9.41. The van der Waals surface area contributed by atoms with Crippen molar-refractivity contribution < 1.29 is 4.52 Å². The van der Waals surface area contributed by atoms with Crippen LogP contribution in [0, 0.1) is 5.92 Å². The highest BCUT2D eigenvalue weighted by Crippen LogP contribution is 2.26. The fourth-order valence-corrected chi connectivity index (χ4v) is 2.35. The molecule has 1 aliphatic carbocycles. The summed E-state index contributed by atoms with van der Waals surface area (Å²) in [5, 5.41) is 7.44. The molecule has 84 valence electrons. The van der Waals surface area contributed by atoms with Gasteiger partial charge in [0.05, 0.1) is 5.69 Å². The third kappa shape index (κ3) is 3.06. The van der Waals surface area contributed by atoms with Crippen molar-refractivity contribution >= 4 is 0 Å². The van der Waals surface area contributed by atoms with Gasteiger partial charge in [-0.2, -0.15) is 0 Å². The van der Waals surface area contributed by atoms with Crippen LogP contribution in [0.3, 0.4) is 0 Å². The average molecular weight is 208 g/mol. The van der Waals surface area contributed by atoms with Crippen LogP contribution in [0.1, 0.15) is 44.7 Å². The predicted molar refractivity (Wildman–Crippen MR) is 59.4 cm³/mol. The minimum Gasteiger partial charge on any atom is -0.364 e. The van der Waals surface area contributed by atoms with E-state index in [1.54, 1.807) is 6.26 Å². The number of rotatable bonds is 4. The normalized spacial score (nSPS) is 26.7. The lowest BCUT2D eigenvalue weighted by Gasteiger charge is -2.28. The van der Waals surface area contributed by atoms with Crippen molar-refractivity contribution in [1.29, 1.82) is 0 Å². The van der Waals surface area contributed by atoms with E-state index in [1.807, 2.05) is 6.07 Å². The summed E-state index contributed by atoms with van der Waals surface area (Å²) in [6.07, 6.45) is 8.37. The first-order valence-corrected chi connectivity index (χ1v) is 6.01. The SMILES string of the molecule is CCC1CCC(NCc2ccon2)CC1. The Hall–Kier alpha value is -0.830. The summed E-state index contributed by atoms with van der Waals surface area (Å²) in [4.78, 5) is 0.